The van der Waals surface area contributed by atoms with Crippen LogP contribution < -0.4 is 10.6 Å². The first-order valence-corrected chi connectivity index (χ1v) is 3.37. The van der Waals surface area contributed by atoms with Gasteiger partial charge in [-0.2, -0.15) is 0 Å². The highest BCUT2D eigenvalue weighted by molar-refractivity contribution is 4.78. The zero-order valence-electron chi connectivity index (χ0n) is 5.41. The molecule has 1 atom stereocenters. The maximum atomic E-state index is 3.32. The first-order valence-electron chi connectivity index (χ1n) is 3.37. The Hall–Kier alpha value is -0.0800. The average molecular weight is 114 g/mol. The van der Waals surface area contributed by atoms with Gasteiger partial charge < -0.3 is 10.6 Å². The van der Waals surface area contributed by atoms with E-state index in [0.717, 1.165) is 19.1 Å². The predicted molar refractivity (Wildman–Crippen MR) is 35.0 cm³/mol. The van der Waals surface area contributed by atoms with Crippen LogP contribution in [0.3, 0.4) is 0 Å². The van der Waals surface area contributed by atoms with Crippen LogP contribution in [-0.4, -0.2) is 25.7 Å². The Bertz CT molecular complexity index is 59.5. The molecule has 1 aliphatic heterocycles. The second-order valence-electron chi connectivity index (χ2n) is 2.25. The highest BCUT2D eigenvalue weighted by Gasteiger charge is 2.13. The summed E-state index contributed by atoms with van der Waals surface area (Å²) in [6, 6.07) is 0.773. The molecule has 0 aromatic carbocycles. The molecule has 0 saturated carbocycles. The molecule has 0 aliphatic carbocycles. The van der Waals surface area contributed by atoms with Crippen molar-refractivity contribution in [2.75, 3.05) is 19.6 Å². The summed E-state index contributed by atoms with van der Waals surface area (Å²) in [5.41, 5.74) is 0. The quantitative estimate of drug-likeness (QED) is 0.538. The lowest BCUT2D eigenvalue weighted by atomic mass is 10.1. The maximum Gasteiger partial charge on any atom is 0.0204 e. The van der Waals surface area contributed by atoms with Crippen LogP contribution >= 0.6 is 0 Å². The Morgan fingerprint density at radius 1 is 1.75 bits per heavy atom. The summed E-state index contributed by atoms with van der Waals surface area (Å²) >= 11 is 0. The molecular weight excluding hydrogens is 100 g/mol. The molecule has 2 heteroatoms. The Morgan fingerprint density at radius 3 is 2.88 bits per heavy atom. The van der Waals surface area contributed by atoms with Gasteiger partial charge in [0, 0.05) is 12.6 Å². The summed E-state index contributed by atoms with van der Waals surface area (Å²) in [6.07, 6.45) is 1.35. The molecule has 2 nitrogen and oxygen atoms in total. The van der Waals surface area contributed by atoms with Crippen molar-refractivity contribution in [3.05, 3.63) is 0 Å². The fourth-order valence-electron chi connectivity index (χ4n) is 0.841. The zero-order valence-corrected chi connectivity index (χ0v) is 5.41. The summed E-state index contributed by atoms with van der Waals surface area (Å²) in [5, 5.41) is 6.61. The fourth-order valence-corrected chi connectivity index (χ4v) is 0.841. The molecule has 1 saturated heterocycles. The number of rotatable bonds is 3. The number of likely N-dealkylation sites (N-methyl/N-ethyl adjacent to an activating group) is 1. The lowest BCUT2D eigenvalue weighted by Gasteiger charge is -2.27. The van der Waals surface area contributed by atoms with Crippen molar-refractivity contribution < 1.29 is 0 Å². The lowest BCUT2D eigenvalue weighted by molar-refractivity contribution is 0.356. The third kappa shape index (κ3) is 1.46. The summed E-state index contributed by atoms with van der Waals surface area (Å²) in [7, 11) is 0. The van der Waals surface area contributed by atoms with Crippen molar-refractivity contribution in [2.24, 2.45) is 0 Å². The summed E-state index contributed by atoms with van der Waals surface area (Å²) in [4.78, 5) is 0. The molecule has 1 rings (SSSR count). The largest absolute Gasteiger partial charge is 0.315 e. The van der Waals surface area contributed by atoms with E-state index in [2.05, 4.69) is 17.6 Å². The molecule has 2 N–H and O–H groups in total. The van der Waals surface area contributed by atoms with Gasteiger partial charge in [0.25, 0.3) is 0 Å². The zero-order chi connectivity index (χ0) is 5.82. The second-order valence-corrected chi connectivity index (χ2v) is 2.25. The van der Waals surface area contributed by atoms with Crippen molar-refractivity contribution in [1.29, 1.82) is 0 Å². The molecule has 0 bridgehead atoms. The van der Waals surface area contributed by atoms with Gasteiger partial charge in [-0.25, -0.2) is 0 Å². The number of hydrogen-bond donors (Lipinski definition) is 2. The Labute approximate surface area is 50.7 Å². The van der Waals surface area contributed by atoms with Crippen LogP contribution in [0.1, 0.15) is 13.3 Å². The van der Waals surface area contributed by atoms with E-state index in [1.54, 1.807) is 0 Å². The maximum absolute atomic E-state index is 3.32. The molecule has 1 fully saturated rings. The highest BCUT2D eigenvalue weighted by atomic mass is 15.0. The first kappa shape index (κ1) is 6.05. The van der Waals surface area contributed by atoms with Gasteiger partial charge in [0.2, 0.25) is 0 Å². The van der Waals surface area contributed by atoms with E-state index in [9.17, 15) is 0 Å². The molecule has 0 unspecified atom stereocenters. The van der Waals surface area contributed by atoms with E-state index in [4.69, 9.17) is 0 Å². The van der Waals surface area contributed by atoms with Crippen LogP contribution in [0, 0.1) is 0 Å². The van der Waals surface area contributed by atoms with Crippen molar-refractivity contribution in [1.82, 2.24) is 10.6 Å². The molecule has 0 aromatic heterocycles. The van der Waals surface area contributed by atoms with Crippen LogP contribution in [0.15, 0.2) is 0 Å². The van der Waals surface area contributed by atoms with Gasteiger partial charge in [0.15, 0.2) is 0 Å². The van der Waals surface area contributed by atoms with Crippen molar-refractivity contribution in [3.63, 3.8) is 0 Å². The monoisotopic (exact) mass is 114 g/mol. The average Bonchev–Trinajstić information content (AvgIpc) is 1.63. The smallest absolute Gasteiger partial charge is 0.0204 e. The predicted octanol–water partition coefficient (Wildman–Crippen LogP) is -0.0422. The van der Waals surface area contributed by atoms with E-state index >= 15 is 0 Å². The highest BCUT2D eigenvalue weighted by Crippen LogP contribution is 1.98. The Kier molecular flexibility index (Phi) is 2.30. The molecular formula is C6H14N2. The van der Waals surface area contributed by atoms with E-state index in [0.29, 0.717) is 0 Å². The van der Waals surface area contributed by atoms with Crippen molar-refractivity contribution in [3.8, 4) is 0 Å². The minimum atomic E-state index is 0.773. The minimum Gasteiger partial charge on any atom is -0.315 e. The minimum absolute atomic E-state index is 0.773. The standard InChI is InChI=1S/C6H14N2/c1-2-7-5-6-3-4-8-6/h6-8H,2-5H2,1H3/t6-/m1/s1. The van der Waals surface area contributed by atoms with Crippen LogP contribution in [-0.2, 0) is 0 Å². The molecule has 1 aliphatic rings. The third-order valence-corrected chi connectivity index (χ3v) is 1.57. The van der Waals surface area contributed by atoms with Gasteiger partial charge in [0.1, 0.15) is 0 Å². The molecule has 0 spiro atoms. The third-order valence-electron chi connectivity index (χ3n) is 1.57. The SMILES string of the molecule is CCNC[C@H]1CCN1. The topological polar surface area (TPSA) is 24.1 Å². The first-order chi connectivity index (χ1) is 3.93. The van der Waals surface area contributed by atoms with Gasteiger partial charge in [-0.15, -0.1) is 0 Å². The van der Waals surface area contributed by atoms with E-state index in [1.807, 2.05) is 0 Å². The molecule has 0 amide bonds. The van der Waals surface area contributed by atoms with Gasteiger partial charge in [-0.1, -0.05) is 6.92 Å². The molecule has 0 aromatic rings. The fraction of sp³-hybridized carbons (Fsp3) is 1.00. The van der Waals surface area contributed by atoms with Gasteiger partial charge in [0.05, 0.1) is 0 Å². The molecule has 1 heterocycles. The molecule has 48 valence electrons. The Morgan fingerprint density at radius 2 is 2.50 bits per heavy atom. The summed E-state index contributed by atoms with van der Waals surface area (Å²) < 4.78 is 0. The second kappa shape index (κ2) is 3.05. The van der Waals surface area contributed by atoms with E-state index in [1.165, 1.54) is 13.0 Å². The van der Waals surface area contributed by atoms with Crippen molar-refractivity contribution >= 4 is 0 Å². The van der Waals surface area contributed by atoms with Gasteiger partial charge >= 0.3 is 0 Å². The summed E-state index contributed by atoms with van der Waals surface area (Å²) in [5.74, 6) is 0. The molecule has 0 radical (unpaired) electrons. The van der Waals surface area contributed by atoms with Crippen LogP contribution in [0.2, 0.25) is 0 Å². The summed E-state index contributed by atoms with van der Waals surface area (Å²) in [6.45, 7) is 5.60. The van der Waals surface area contributed by atoms with Crippen LogP contribution in [0.4, 0.5) is 0 Å². The number of hydrogen-bond acceptors (Lipinski definition) is 2. The Balaban J connectivity index is 1.86. The van der Waals surface area contributed by atoms with Gasteiger partial charge in [-0.3, -0.25) is 0 Å². The lowest BCUT2D eigenvalue weighted by Crippen LogP contribution is -2.49. The van der Waals surface area contributed by atoms with E-state index < -0.39 is 0 Å². The van der Waals surface area contributed by atoms with Crippen LogP contribution in [0.25, 0.3) is 0 Å². The van der Waals surface area contributed by atoms with E-state index in [-0.39, 0.29) is 0 Å². The molecule has 8 heavy (non-hydrogen) atoms. The van der Waals surface area contributed by atoms with Gasteiger partial charge in [-0.05, 0) is 19.5 Å². The normalized spacial score (nSPS) is 27.4. The van der Waals surface area contributed by atoms with Crippen LogP contribution in [0.5, 0.6) is 0 Å². The van der Waals surface area contributed by atoms with Crippen molar-refractivity contribution in [2.45, 2.75) is 19.4 Å². The number of nitrogens with one attached hydrogen (secondary N) is 2.